The van der Waals surface area contributed by atoms with E-state index in [1.54, 1.807) is 0 Å². The maximum absolute atomic E-state index is 6.36. The molecule has 0 aliphatic heterocycles. The van der Waals surface area contributed by atoms with Crippen molar-refractivity contribution in [1.82, 2.24) is 0 Å². The maximum Gasteiger partial charge on any atom is 0.0697 e. The van der Waals surface area contributed by atoms with Crippen LogP contribution in [0.1, 0.15) is 53.9 Å². The lowest BCUT2D eigenvalue weighted by Gasteiger charge is -2.56. The zero-order valence-corrected chi connectivity index (χ0v) is 11.0. The summed E-state index contributed by atoms with van der Waals surface area (Å²) >= 11 is 0. The van der Waals surface area contributed by atoms with Crippen molar-refractivity contribution in [3.05, 3.63) is 0 Å². The maximum atomic E-state index is 6.36. The van der Waals surface area contributed by atoms with Gasteiger partial charge in [-0.15, -0.1) is 0 Å². The zero-order valence-electron chi connectivity index (χ0n) is 11.0. The van der Waals surface area contributed by atoms with Crippen molar-refractivity contribution in [1.29, 1.82) is 0 Å². The van der Waals surface area contributed by atoms with Gasteiger partial charge in [0.2, 0.25) is 0 Å². The van der Waals surface area contributed by atoms with Crippen LogP contribution in [0.5, 0.6) is 0 Å². The summed E-state index contributed by atoms with van der Waals surface area (Å²) in [6.45, 7) is 11.4. The Balaban J connectivity index is 3.08. The van der Waals surface area contributed by atoms with Crippen molar-refractivity contribution in [2.45, 2.75) is 59.5 Å². The van der Waals surface area contributed by atoms with Gasteiger partial charge < -0.3 is 11.5 Å². The monoisotopic (exact) mass is 212 g/mol. The van der Waals surface area contributed by atoms with E-state index < -0.39 is 5.66 Å². The summed E-state index contributed by atoms with van der Waals surface area (Å²) in [5.41, 5.74) is 12.3. The third-order valence-corrected chi connectivity index (χ3v) is 4.88. The number of nitrogens with two attached hydrogens (primary N) is 2. The van der Waals surface area contributed by atoms with Crippen LogP contribution in [0.15, 0.2) is 0 Å². The fourth-order valence-electron chi connectivity index (χ4n) is 3.52. The molecule has 90 valence electrons. The molecule has 2 unspecified atom stereocenters. The summed E-state index contributed by atoms with van der Waals surface area (Å²) in [5, 5.41) is 0. The van der Waals surface area contributed by atoms with E-state index in [0.717, 1.165) is 6.42 Å². The summed E-state index contributed by atoms with van der Waals surface area (Å²) in [6.07, 6.45) is 3.42. The second-order valence-corrected chi connectivity index (χ2v) is 6.22. The molecule has 2 heteroatoms. The molecule has 2 nitrogen and oxygen atoms in total. The van der Waals surface area contributed by atoms with Gasteiger partial charge in [0, 0.05) is 5.41 Å². The minimum atomic E-state index is -0.492. The molecule has 0 aromatic rings. The second-order valence-electron chi connectivity index (χ2n) is 6.22. The predicted molar refractivity (Wildman–Crippen MR) is 66.2 cm³/mol. The van der Waals surface area contributed by atoms with E-state index in [1.807, 2.05) is 0 Å². The fourth-order valence-corrected chi connectivity index (χ4v) is 3.52. The topological polar surface area (TPSA) is 52.0 Å². The summed E-state index contributed by atoms with van der Waals surface area (Å²) in [5.74, 6) is 1.87. The Morgan fingerprint density at radius 1 is 1.13 bits per heavy atom. The van der Waals surface area contributed by atoms with Gasteiger partial charge in [-0.1, -0.05) is 34.6 Å². The molecular weight excluding hydrogens is 184 g/mol. The molecule has 0 aromatic carbocycles. The van der Waals surface area contributed by atoms with Crippen LogP contribution in [-0.4, -0.2) is 5.66 Å². The molecule has 1 rings (SSSR count). The molecule has 0 spiro atoms. The molecule has 0 aromatic heterocycles. The highest BCUT2D eigenvalue weighted by Gasteiger charge is 2.52. The van der Waals surface area contributed by atoms with Gasteiger partial charge in [0.1, 0.15) is 0 Å². The Bertz CT molecular complexity index is 221. The standard InChI is InChI=1S/C13H28N2/c1-9(2)11-7-6-8-13(14,15)12(11,5)10(3)4/h9-11H,6-8,14-15H2,1-5H3. The molecule has 4 N–H and O–H groups in total. The SMILES string of the molecule is CC(C)C1CCCC(N)(N)C1(C)C(C)C. The highest BCUT2D eigenvalue weighted by atomic mass is 15.0. The summed E-state index contributed by atoms with van der Waals surface area (Å²) in [7, 11) is 0. The Morgan fingerprint density at radius 3 is 2.00 bits per heavy atom. The van der Waals surface area contributed by atoms with Gasteiger partial charge in [-0.05, 0) is 37.0 Å². The van der Waals surface area contributed by atoms with Crippen molar-refractivity contribution in [3.63, 3.8) is 0 Å². The minimum Gasteiger partial charge on any atom is -0.313 e. The lowest BCUT2D eigenvalue weighted by molar-refractivity contribution is -0.0456. The van der Waals surface area contributed by atoms with Gasteiger partial charge in [0.15, 0.2) is 0 Å². The normalized spacial score (nSPS) is 36.2. The van der Waals surface area contributed by atoms with Crippen molar-refractivity contribution >= 4 is 0 Å². The Kier molecular flexibility index (Phi) is 3.52. The van der Waals surface area contributed by atoms with Gasteiger partial charge in [0.25, 0.3) is 0 Å². The average molecular weight is 212 g/mol. The quantitative estimate of drug-likeness (QED) is 0.691. The molecule has 15 heavy (non-hydrogen) atoms. The van der Waals surface area contributed by atoms with E-state index >= 15 is 0 Å². The first kappa shape index (κ1) is 13.0. The van der Waals surface area contributed by atoms with Crippen molar-refractivity contribution in [2.75, 3.05) is 0 Å². The van der Waals surface area contributed by atoms with Crippen LogP contribution in [0.2, 0.25) is 0 Å². The molecule has 0 bridgehead atoms. The molecule has 0 heterocycles. The second kappa shape index (κ2) is 4.06. The van der Waals surface area contributed by atoms with Gasteiger partial charge >= 0.3 is 0 Å². The molecular formula is C13H28N2. The molecule has 1 saturated carbocycles. The van der Waals surface area contributed by atoms with Crippen LogP contribution < -0.4 is 11.5 Å². The van der Waals surface area contributed by atoms with Crippen LogP contribution in [0.3, 0.4) is 0 Å². The van der Waals surface area contributed by atoms with E-state index in [4.69, 9.17) is 11.5 Å². The van der Waals surface area contributed by atoms with Gasteiger partial charge in [0.05, 0.1) is 5.66 Å². The van der Waals surface area contributed by atoms with E-state index in [9.17, 15) is 0 Å². The molecule has 1 aliphatic carbocycles. The smallest absolute Gasteiger partial charge is 0.0697 e. The van der Waals surface area contributed by atoms with E-state index in [2.05, 4.69) is 34.6 Å². The number of hydrogen-bond acceptors (Lipinski definition) is 2. The van der Waals surface area contributed by atoms with Crippen molar-refractivity contribution < 1.29 is 0 Å². The molecule has 1 aliphatic rings. The zero-order chi connectivity index (χ0) is 11.9. The van der Waals surface area contributed by atoms with Gasteiger partial charge in [-0.25, -0.2) is 0 Å². The van der Waals surface area contributed by atoms with Crippen LogP contribution >= 0.6 is 0 Å². The predicted octanol–water partition coefficient (Wildman–Crippen LogP) is 2.72. The van der Waals surface area contributed by atoms with E-state index in [-0.39, 0.29) is 5.41 Å². The molecule has 0 radical (unpaired) electrons. The average Bonchev–Trinajstić information content (AvgIpc) is 2.08. The highest BCUT2D eigenvalue weighted by Crippen LogP contribution is 2.51. The van der Waals surface area contributed by atoms with Gasteiger partial charge in [-0.2, -0.15) is 0 Å². The van der Waals surface area contributed by atoms with Crippen LogP contribution in [0.4, 0.5) is 0 Å². The van der Waals surface area contributed by atoms with Crippen LogP contribution in [-0.2, 0) is 0 Å². The third-order valence-electron chi connectivity index (χ3n) is 4.88. The fraction of sp³-hybridized carbons (Fsp3) is 1.00. The van der Waals surface area contributed by atoms with Crippen LogP contribution in [0.25, 0.3) is 0 Å². The first-order valence-electron chi connectivity index (χ1n) is 6.31. The molecule has 0 saturated heterocycles. The largest absolute Gasteiger partial charge is 0.313 e. The van der Waals surface area contributed by atoms with E-state index in [0.29, 0.717) is 17.8 Å². The third kappa shape index (κ3) is 1.94. The first-order chi connectivity index (χ1) is 6.73. The Labute approximate surface area is 94.8 Å². The Morgan fingerprint density at radius 2 is 1.67 bits per heavy atom. The number of hydrogen-bond donors (Lipinski definition) is 2. The highest BCUT2D eigenvalue weighted by molar-refractivity contribution is 5.04. The van der Waals surface area contributed by atoms with Crippen LogP contribution in [0, 0.1) is 23.2 Å². The molecule has 1 fully saturated rings. The first-order valence-corrected chi connectivity index (χ1v) is 6.31. The van der Waals surface area contributed by atoms with Crippen molar-refractivity contribution in [3.8, 4) is 0 Å². The molecule has 2 atom stereocenters. The molecule has 0 amide bonds. The summed E-state index contributed by atoms with van der Waals surface area (Å²) in [4.78, 5) is 0. The Hall–Kier alpha value is -0.0800. The van der Waals surface area contributed by atoms with Crippen molar-refractivity contribution in [2.24, 2.45) is 34.6 Å². The van der Waals surface area contributed by atoms with E-state index in [1.165, 1.54) is 12.8 Å². The van der Waals surface area contributed by atoms with Gasteiger partial charge in [-0.3, -0.25) is 0 Å². The number of rotatable bonds is 2. The lowest BCUT2D eigenvalue weighted by Crippen LogP contribution is -2.68. The minimum absolute atomic E-state index is 0.0689. The summed E-state index contributed by atoms with van der Waals surface area (Å²) < 4.78 is 0. The lowest BCUT2D eigenvalue weighted by atomic mass is 9.53. The summed E-state index contributed by atoms with van der Waals surface area (Å²) in [6, 6.07) is 0.